The van der Waals surface area contributed by atoms with E-state index in [1.807, 2.05) is 16.5 Å². The van der Waals surface area contributed by atoms with Gasteiger partial charge in [-0.3, -0.25) is 0 Å². The van der Waals surface area contributed by atoms with E-state index in [1.54, 1.807) is 6.92 Å². The van der Waals surface area contributed by atoms with Crippen molar-refractivity contribution in [3.63, 3.8) is 0 Å². The summed E-state index contributed by atoms with van der Waals surface area (Å²) >= 11 is 2.00. The van der Waals surface area contributed by atoms with E-state index in [0.29, 0.717) is 0 Å². The number of Topliss-reactive ketones (excluding diaryl/α,β-unsaturated/α-hetero) is 1. The topological polar surface area (TPSA) is 17.1 Å². The van der Waals surface area contributed by atoms with E-state index in [-0.39, 0.29) is 5.78 Å². The molecule has 0 spiro atoms. The molecule has 0 aromatic heterocycles. The molecule has 6 heavy (non-hydrogen) atoms. The van der Waals surface area contributed by atoms with Crippen LogP contribution >= 0.6 is 0 Å². The van der Waals surface area contributed by atoms with E-state index < -0.39 is 0 Å². The maximum absolute atomic E-state index is 10.0. The molecule has 3 radical (unpaired) electrons. The molecule has 0 aromatic carbocycles. The van der Waals surface area contributed by atoms with E-state index in [4.69, 9.17) is 0 Å². The van der Waals surface area contributed by atoms with E-state index in [2.05, 4.69) is 0 Å². The first-order valence-electron chi connectivity index (χ1n) is 1.91. The average molecular weight is 144 g/mol. The van der Waals surface area contributed by atoms with Crippen molar-refractivity contribution in [1.82, 2.24) is 0 Å². The summed E-state index contributed by atoms with van der Waals surface area (Å²) in [6, 6.07) is 0. The summed E-state index contributed by atoms with van der Waals surface area (Å²) in [6.07, 6.45) is 0.736. The van der Waals surface area contributed by atoms with Crippen molar-refractivity contribution >= 4 is 22.3 Å². The molecule has 0 amide bonds. The summed E-state index contributed by atoms with van der Waals surface area (Å²) in [5.41, 5.74) is 0. The Morgan fingerprint density at radius 1 is 1.83 bits per heavy atom. The van der Waals surface area contributed by atoms with Crippen LogP contribution in [-0.4, -0.2) is 22.3 Å². The second-order valence-corrected chi connectivity index (χ2v) is 2.25. The van der Waals surface area contributed by atoms with Crippen LogP contribution in [0, 0.1) is 0 Å². The van der Waals surface area contributed by atoms with Crippen molar-refractivity contribution in [2.75, 3.05) is 0 Å². The third-order valence-corrected chi connectivity index (χ3v) is 1.00. The fourth-order valence-electron chi connectivity index (χ4n) is 0.176. The number of hydrogen-bond donors (Lipinski definition) is 0. The number of ketones is 1. The van der Waals surface area contributed by atoms with Crippen molar-refractivity contribution in [3.05, 3.63) is 0 Å². The Balaban J connectivity index is 2.83. The zero-order valence-corrected chi connectivity index (χ0v) is 5.92. The first kappa shape index (κ1) is 6.21. The molecule has 0 atom stereocenters. The zero-order valence-electron chi connectivity index (χ0n) is 3.82. The Labute approximate surface area is 46.3 Å². The second kappa shape index (κ2) is 3.40. The van der Waals surface area contributed by atoms with Crippen molar-refractivity contribution in [3.8, 4) is 0 Å². The van der Waals surface area contributed by atoms with Crippen LogP contribution in [0.25, 0.3) is 0 Å². The van der Waals surface area contributed by atoms with E-state index in [0.717, 1.165) is 11.7 Å². The molecule has 0 aromatic rings. The fourth-order valence-corrected chi connectivity index (χ4v) is 0.915. The normalized spacial score (nSPS) is 8.33. The third-order valence-electron chi connectivity index (χ3n) is 0.477. The summed E-state index contributed by atoms with van der Waals surface area (Å²) in [6.45, 7) is 1.61. The Hall–Kier alpha value is 0.213. The van der Waals surface area contributed by atoms with E-state index in [9.17, 15) is 4.79 Å². The second-order valence-electron chi connectivity index (χ2n) is 1.20. The van der Waals surface area contributed by atoms with Crippen LogP contribution in [0.5, 0.6) is 0 Å². The SMILES string of the molecule is CC(=O)C[CH2][Ge]. The molecule has 0 aliphatic rings. The summed E-state index contributed by atoms with van der Waals surface area (Å²) in [5.74, 6) is 0.289. The van der Waals surface area contributed by atoms with Gasteiger partial charge in [0.1, 0.15) is 0 Å². The van der Waals surface area contributed by atoms with Gasteiger partial charge >= 0.3 is 45.7 Å². The molecule has 0 heterocycles. The Morgan fingerprint density at radius 2 is 2.33 bits per heavy atom. The summed E-state index contributed by atoms with van der Waals surface area (Å²) in [7, 11) is 0. The minimum atomic E-state index is 0.289. The van der Waals surface area contributed by atoms with Gasteiger partial charge in [-0.1, -0.05) is 0 Å². The standard InChI is InChI=1S/C4H7GeO/c1-4(6)2-3-5/h2-3H2,1H3. The monoisotopic (exact) mass is 145 g/mol. The van der Waals surface area contributed by atoms with Gasteiger partial charge < -0.3 is 0 Å². The molecular weight excluding hydrogens is 137 g/mol. The molecular formula is C4H7GeO. The predicted octanol–water partition coefficient (Wildman–Crippen LogP) is 0.552. The fraction of sp³-hybridized carbons (Fsp3) is 0.750. The quantitative estimate of drug-likeness (QED) is 0.517. The van der Waals surface area contributed by atoms with Crippen molar-refractivity contribution < 1.29 is 4.79 Å². The van der Waals surface area contributed by atoms with Gasteiger partial charge in [-0.2, -0.15) is 0 Å². The van der Waals surface area contributed by atoms with Crippen LogP contribution in [0.1, 0.15) is 13.3 Å². The average Bonchev–Trinajstić information content (AvgIpc) is 1.35. The van der Waals surface area contributed by atoms with Crippen LogP contribution < -0.4 is 0 Å². The van der Waals surface area contributed by atoms with Crippen LogP contribution in [0.15, 0.2) is 0 Å². The Morgan fingerprint density at radius 3 is 2.33 bits per heavy atom. The first-order valence-corrected chi connectivity index (χ1v) is 3.39. The van der Waals surface area contributed by atoms with Crippen molar-refractivity contribution in [1.29, 1.82) is 0 Å². The van der Waals surface area contributed by atoms with E-state index >= 15 is 0 Å². The molecule has 0 aliphatic carbocycles. The van der Waals surface area contributed by atoms with Gasteiger partial charge in [0.2, 0.25) is 0 Å². The third kappa shape index (κ3) is 4.21. The van der Waals surface area contributed by atoms with Gasteiger partial charge in [0.15, 0.2) is 0 Å². The number of hydrogen-bond acceptors (Lipinski definition) is 1. The van der Waals surface area contributed by atoms with Gasteiger partial charge in [-0.15, -0.1) is 0 Å². The molecule has 2 heteroatoms. The van der Waals surface area contributed by atoms with E-state index in [1.165, 1.54) is 0 Å². The number of carbonyl (C=O) groups is 1. The molecule has 0 unspecified atom stereocenters. The molecule has 0 aliphatic heterocycles. The van der Waals surface area contributed by atoms with Gasteiger partial charge in [0.25, 0.3) is 0 Å². The van der Waals surface area contributed by atoms with Gasteiger partial charge in [0, 0.05) is 0 Å². The van der Waals surface area contributed by atoms with Crippen LogP contribution in [-0.2, 0) is 4.79 Å². The summed E-state index contributed by atoms with van der Waals surface area (Å²) in [4.78, 5) is 10.0. The van der Waals surface area contributed by atoms with Gasteiger partial charge in [-0.05, 0) is 0 Å². The summed E-state index contributed by atoms with van der Waals surface area (Å²) in [5, 5.41) is 0.981. The summed E-state index contributed by atoms with van der Waals surface area (Å²) < 4.78 is 0. The molecule has 0 fully saturated rings. The molecule has 33 valence electrons. The van der Waals surface area contributed by atoms with Gasteiger partial charge in [0.05, 0.1) is 0 Å². The number of carbonyl (C=O) groups excluding carboxylic acids is 1. The Kier molecular flexibility index (Phi) is 3.53. The first-order chi connectivity index (χ1) is 2.77. The molecule has 0 saturated carbocycles. The molecule has 0 N–H and O–H groups in total. The van der Waals surface area contributed by atoms with Crippen LogP contribution in [0.2, 0.25) is 5.25 Å². The van der Waals surface area contributed by atoms with Crippen LogP contribution in [0.4, 0.5) is 0 Å². The number of rotatable bonds is 2. The molecule has 0 bridgehead atoms. The van der Waals surface area contributed by atoms with Crippen molar-refractivity contribution in [2.45, 2.75) is 18.6 Å². The van der Waals surface area contributed by atoms with Gasteiger partial charge in [-0.25, -0.2) is 0 Å². The minimum absolute atomic E-state index is 0.289. The maximum atomic E-state index is 10.0. The predicted molar refractivity (Wildman–Crippen MR) is 25.9 cm³/mol. The van der Waals surface area contributed by atoms with Crippen molar-refractivity contribution in [2.24, 2.45) is 0 Å². The molecule has 0 saturated heterocycles. The molecule has 1 nitrogen and oxygen atoms in total. The zero-order chi connectivity index (χ0) is 4.99. The Bertz CT molecular complexity index is 51.5. The van der Waals surface area contributed by atoms with Crippen LogP contribution in [0.3, 0.4) is 0 Å². The molecule has 0 rings (SSSR count).